The van der Waals surface area contributed by atoms with E-state index in [9.17, 15) is 33.1 Å². The summed E-state index contributed by atoms with van der Waals surface area (Å²) in [5.41, 5.74) is -1.02. The zero-order valence-corrected chi connectivity index (χ0v) is 19.7. The van der Waals surface area contributed by atoms with Crippen LogP contribution in [0.25, 0.3) is 0 Å². The van der Waals surface area contributed by atoms with Crippen LogP contribution in [0.3, 0.4) is 0 Å². The Morgan fingerprint density at radius 2 is 1.83 bits per heavy atom. The van der Waals surface area contributed by atoms with Gasteiger partial charge >= 0.3 is 50.9 Å². The number of aromatic nitrogens is 2. The van der Waals surface area contributed by atoms with E-state index in [-0.39, 0.29) is 48.0 Å². The SMILES string of the molecule is Cc1cn(C2CCC(COP(=O)(O)OP(=O)(O)OP(=O)([O-])O)O2)c(=O)[nH]c1=O.[Na+]. The van der Waals surface area contributed by atoms with Crippen molar-refractivity contribution in [2.24, 2.45) is 0 Å². The van der Waals surface area contributed by atoms with E-state index < -0.39 is 53.7 Å². The summed E-state index contributed by atoms with van der Waals surface area (Å²) in [5, 5.41) is 0. The van der Waals surface area contributed by atoms with Gasteiger partial charge in [-0.2, -0.15) is 4.31 Å². The number of hydrogen-bond acceptors (Lipinski definition) is 10. The number of aryl methyl sites for hydroxylation is 1. The van der Waals surface area contributed by atoms with Crippen molar-refractivity contribution in [1.82, 2.24) is 9.55 Å². The summed E-state index contributed by atoms with van der Waals surface area (Å²) in [5.74, 6) is 0. The van der Waals surface area contributed by atoms with Crippen LogP contribution >= 0.6 is 23.5 Å². The molecule has 5 atom stereocenters. The predicted molar refractivity (Wildman–Crippen MR) is 86.8 cm³/mol. The minimum atomic E-state index is -5.73. The third-order valence-electron chi connectivity index (χ3n) is 3.38. The van der Waals surface area contributed by atoms with Crippen LogP contribution in [0.2, 0.25) is 0 Å². The second-order valence-corrected chi connectivity index (χ2v) is 10.0. The summed E-state index contributed by atoms with van der Waals surface area (Å²) >= 11 is 0. The van der Waals surface area contributed by atoms with E-state index in [2.05, 4.69) is 18.1 Å². The van der Waals surface area contributed by atoms with Crippen molar-refractivity contribution in [3.05, 3.63) is 32.6 Å². The number of hydrogen-bond donors (Lipinski definition) is 4. The first-order chi connectivity index (χ1) is 12.7. The molecule has 0 amide bonds. The summed E-state index contributed by atoms with van der Waals surface area (Å²) in [6.45, 7) is 0.849. The fourth-order valence-electron chi connectivity index (χ4n) is 2.29. The molecule has 0 bridgehead atoms. The van der Waals surface area contributed by atoms with Crippen LogP contribution < -0.4 is 45.7 Å². The molecular formula is C10H16N2NaO13P3. The number of phosphoric ester groups is 1. The quantitative estimate of drug-likeness (QED) is 0.204. The fourth-order valence-corrected chi connectivity index (χ4v) is 5.31. The number of nitrogens with one attached hydrogen (secondary N) is 1. The third kappa shape index (κ3) is 8.60. The number of ether oxygens (including phenoxy) is 1. The van der Waals surface area contributed by atoms with E-state index in [4.69, 9.17) is 14.5 Å². The molecule has 1 fully saturated rings. The van der Waals surface area contributed by atoms with E-state index in [1.807, 2.05) is 0 Å². The first kappa shape index (κ1) is 27.1. The van der Waals surface area contributed by atoms with Crippen molar-refractivity contribution in [1.29, 1.82) is 0 Å². The van der Waals surface area contributed by atoms with Gasteiger partial charge in [0.05, 0.1) is 12.7 Å². The van der Waals surface area contributed by atoms with Gasteiger partial charge in [0.2, 0.25) is 0 Å². The number of H-pyrrole nitrogens is 1. The monoisotopic (exact) mass is 488 g/mol. The van der Waals surface area contributed by atoms with Crippen molar-refractivity contribution in [3.8, 4) is 0 Å². The zero-order valence-electron chi connectivity index (χ0n) is 15.1. The smallest absolute Gasteiger partial charge is 0.756 e. The predicted octanol–water partition coefficient (Wildman–Crippen LogP) is -3.76. The molecule has 1 aliphatic heterocycles. The van der Waals surface area contributed by atoms with Gasteiger partial charge in [-0.1, -0.05) is 0 Å². The van der Waals surface area contributed by atoms with Crippen LogP contribution in [0.1, 0.15) is 24.6 Å². The van der Waals surface area contributed by atoms with Gasteiger partial charge in [-0.15, -0.1) is 0 Å². The molecule has 160 valence electrons. The molecule has 2 rings (SSSR count). The number of rotatable bonds is 8. The second kappa shape index (κ2) is 10.1. The first-order valence-corrected chi connectivity index (χ1v) is 11.9. The Hall–Kier alpha value is 0.0500. The van der Waals surface area contributed by atoms with Gasteiger partial charge in [0.15, 0.2) is 0 Å². The molecule has 1 aliphatic rings. The molecule has 0 aromatic carbocycles. The van der Waals surface area contributed by atoms with Gasteiger partial charge < -0.3 is 24.3 Å². The molecule has 5 unspecified atom stereocenters. The maximum absolute atomic E-state index is 11.8. The summed E-state index contributed by atoms with van der Waals surface area (Å²) in [7, 11) is -16.7. The maximum Gasteiger partial charge on any atom is 1.00 e. The Labute approximate surface area is 184 Å². The van der Waals surface area contributed by atoms with Gasteiger partial charge in [-0.25, -0.2) is 18.2 Å². The molecule has 4 N–H and O–H groups in total. The maximum atomic E-state index is 11.8. The zero-order chi connectivity index (χ0) is 21.3. The molecule has 1 aromatic heterocycles. The van der Waals surface area contributed by atoms with Gasteiger partial charge in [-0.3, -0.25) is 23.4 Å². The van der Waals surface area contributed by atoms with Crippen molar-refractivity contribution < 1.29 is 80.7 Å². The van der Waals surface area contributed by atoms with Crippen molar-refractivity contribution >= 4 is 23.5 Å². The van der Waals surface area contributed by atoms with Gasteiger partial charge in [0, 0.05) is 11.8 Å². The van der Waals surface area contributed by atoms with Crippen molar-refractivity contribution in [3.63, 3.8) is 0 Å². The Kier molecular flexibility index (Phi) is 9.44. The Balaban J connectivity index is 0.00000420. The number of nitrogens with zero attached hydrogens (tertiary/aromatic N) is 1. The summed E-state index contributed by atoms with van der Waals surface area (Å²) in [4.78, 5) is 62.4. The molecular weight excluding hydrogens is 472 g/mol. The van der Waals surface area contributed by atoms with Crippen LogP contribution in [-0.4, -0.2) is 36.9 Å². The average molecular weight is 488 g/mol. The van der Waals surface area contributed by atoms with Crippen molar-refractivity contribution in [2.45, 2.75) is 32.1 Å². The number of aromatic amines is 1. The normalized spacial score (nSPS) is 25.4. The van der Waals surface area contributed by atoms with Gasteiger partial charge in [-0.05, 0) is 19.8 Å². The Bertz CT molecular complexity index is 986. The summed E-state index contributed by atoms with van der Waals surface area (Å²) < 4.78 is 51.3. The van der Waals surface area contributed by atoms with Crippen LogP contribution in [0.15, 0.2) is 15.8 Å². The van der Waals surface area contributed by atoms with E-state index in [1.54, 1.807) is 0 Å². The number of phosphoric acid groups is 3. The molecule has 0 spiro atoms. The Morgan fingerprint density at radius 1 is 1.21 bits per heavy atom. The largest absolute Gasteiger partial charge is 1.00 e. The average Bonchev–Trinajstić information content (AvgIpc) is 2.94. The molecule has 0 radical (unpaired) electrons. The summed E-state index contributed by atoms with van der Waals surface area (Å²) in [6, 6.07) is 0. The van der Waals surface area contributed by atoms with Crippen LogP contribution in [0, 0.1) is 6.92 Å². The third-order valence-corrected chi connectivity index (χ3v) is 7.15. The molecule has 29 heavy (non-hydrogen) atoms. The fraction of sp³-hybridized carbons (Fsp3) is 0.600. The van der Waals surface area contributed by atoms with Crippen LogP contribution in [0.5, 0.6) is 0 Å². The van der Waals surface area contributed by atoms with Crippen molar-refractivity contribution in [2.75, 3.05) is 6.61 Å². The standard InChI is InChI=1S/C10H17N2O13P3.Na/c1-6-4-12(10(14)11-9(6)13)8-3-2-7(23-8)5-22-27(18,19)25-28(20,21)24-26(15,16)17;/h4,7-8H,2-3,5H2,1H3,(H,18,19)(H,20,21)(H,11,13,14)(H2,15,16,17);/q;+1/p-1. The van der Waals surface area contributed by atoms with E-state index in [1.165, 1.54) is 13.1 Å². The Morgan fingerprint density at radius 3 is 2.41 bits per heavy atom. The topological polar surface area (TPSA) is 227 Å². The minimum Gasteiger partial charge on any atom is -0.756 e. The summed E-state index contributed by atoms with van der Waals surface area (Å²) in [6.07, 6.45) is 0.167. The molecule has 1 aromatic rings. The van der Waals surface area contributed by atoms with Crippen LogP contribution in [-0.2, 0) is 31.6 Å². The molecule has 2 heterocycles. The molecule has 1 saturated heterocycles. The first-order valence-electron chi connectivity index (χ1n) is 7.41. The molecule has 15 nitrogen and oxygen atoms in total. The molecule has 19 heteroatoms. The van der Waals surface area contributed by atoms with Gasteiger partial charge in [0.25, 0.3) is 13.4 Å². The minimum absolute atomic E-state index is 0. The second-order valence-electron chi connectivity index (χ2n) is 5.63. The molecule has 0 aliphatic carbocycles. The van der Waals surface area contributed by atoms with E-state index in [0.29, 0.717) is 0 Å². The van der Waals surface area contributed by atoms with E-state index >= 15 is 0 Å². The van der Waals surface area contributed by atoms with Crippen LogP contribution in [0.4, 0.5) is 0 Å². The van der Waals surface area contributed by atoms with Gasteiger partial charge in [0.1, 0.15) is 6.23 Å². The van der Waals surface area contributed by atoms with E-state index in [0.717, 1.165) is 4.57 Å². The molecule has 0 saturated carbocycles.